The predicted octanol–water partition coefficient (Wildman–Crippen LogP) is 3.79. The first-order chi connectivity index (χ1) is 14.3. The van der Waals surface area contributed by atoms with E-state index in [0.717, 1.165) is 22.0 Å². The number of hydrogen-bond acceptors (Lipinski definition) is 6. The van der Waals surface area contributed by atoms with Crippen LogP contribution in [0.1, 0.15) is 12.8 Å². The maximum absolute atomic E-state index is 11.7. The SMILES string of the molecule is COc1cc2nc(NC3CCN(S(C)(=O)=O)CC3)ncc2cc1-c1ccccc1Cl. The normalized spacial score (nSPS) is 16.0. The standard InChI is InChI=1S/C21H23ClN4O3S/c1-29-20-12-19-14(11-17(20)16-5-3-4-6-18(16)22)13-23-21(25-19)24-15-7-9-26(10-8-15)30(2,27)28/h3-6,11-13,15H,7-10H2,1-2H3,(H,23,24,25). The van der Waals surface area contributed by atoms with Crippen molar-refractivity contribution < 1.29 is 13.2 Å². The molecule has 0 amide bonds. The van der Waals surface area contributed by atoms with Gasteiger partial charge >= 0.3 is 0 Å². The lowest BCUT2D eigenvalue weighted by Crippen LogP contribution is -2.42. The molecule has 1 saturated heterocycles. The van der Waals surface area contributed by atoms with Crippen molar-refractivity contribution in [2.75, 3.05) is 31.8 Å². The maximum atomic E-state index is 11.7. The minimum Gasteiger partial charge on any atom is -0.496 e. The zero-order valence-electron chi connectivity index (χ0n) is 16.8. The summed E-state index contributed by atoms with van der Waals surface area (Å²) in [6.45, 7) is 0.998. The molecule has 0 aliphatic carbocycles. The molecule has 9 heteroatoms. The molecule has 0 saturated carbocycles. The summed E-state index contributed by atoms with van der Waals surface area (Å²) in [6, 6.07) is 11.6. The van der Waals surface area contributed by atoms with Gasteiger partial charge in [0, 0.05) is 52.9 Å². The van der Waals surface area contributed by atoms with Crippen LogP contribution in [-0.2, 0) is 10.0 Å². The third-order valence-electron chi connectivity index (χ3n) is 5.32. The van der Waals surface area contributed by atoms with Crippen LogP contribution in [0.2, 0.25) is 5.02 Å². The quantitative estimate of drug-likeness (QED) is 0.641. The van der Waals surface area contributed by atoms with Crippen LogP contribution >= 0.6 is 11.6 Å². The van der Waals surface area contributed by atoms with Gasteiger partial charge in [-0.1, -0.05) is 29.8 Å². The monoisotopic (exact) mass is 446 g/mol. The van der Waals surface area contributed by atoms with Gasteiger partial charge in [-0.2, -0.15) is 0 Å². The summed E-state index contributed by atoms with van der Waals surface area (Å²) in [7, 11) is -1.52. The van der Waals surface area contributed by atoms with E-state index in [9.17, 15) is 8.42 Å². The molecule has 7 nitrogen and oxygen atoms in total. The number of nitrogens with zero attached hydrogens (tertiary/aromatic N) is 3. The Bertz CT molecular complexity index is 1180. The number of piperidine rings is 1. The lowest BCUT2D eigenvalue weighted by atomic mass is 10.0. The first-order valence-corrected chi connectivity index (χ1v) is 11.9. The van der Waals surface area contributed by atoms with Gasteiger partial charge in [-0.05, 0) is 25.0 Å². The number of halogens is 1. The first kappa shape index (κ1) is 20.8. The van der Waals surface area contributed by atoms with E-state index in [1.807, 2.05) is 36.4 Å². The number of methoxy groups -OCH3 is 1. The van der Waals surface area contributed by atoms with Crippen LogP contribution in [0.4, 0.5) is 5.95 Å². The number of rotatable bonds is 5. The summed E-state index contributed by atoms with van der Waals surface area (Å²) in [5, 5.41) is 4.86. The van der Waals surface area contributed by atoms with Crippen LogP contribution < -0.4 is 10.1 Å². The van der Waals surface area contributed by atoms with E-state index in [-0.39, 0.29) is 6.04 Å². The summed E-state index contributed by atoms with van der Waals surface area (Å²) in [5.74, 6) is 1.20. The molecule has 0 spiro atoms. The van der Waals surface area contributed by atoms with Gasteiger partial charge in [0.25, 0.3) is 0 Å². The summed E-state index contributed by atoms with van der Waals surface area (Å²) in [4.78, 5) is 9.09. The lowest BCUT2D eigenvalue weighted by molar-refractivity contribution is 0.331. The third-order valence-corrected chi connectivity index (χ3v) is 6.95. The lowest BCUT2D eigenvalue weighted by Gasteiger charge is -2.30. The molecule has 0 unspecified atom stereocenters. The Morgan fingerprint density at radius 3 is 2.57 bits per heavy atom. The molecule has 2 aromatic carbocycles. The van der Waals surface area contributed by atoms with E-state index >= 15 is 0 Å². The van der Waals surface area contributed by atoms with Gasteiger partial charge in [0.15, 0.2) is 0 Å². The fourth-order valence-electron chi connectivity index (χ4n) is 3.70. The van der Waals surface area contributed by atoms with Crippen LogP contribution in [0, 0.1) is 0 Å². The molecule has 1 aliphatic rings. The fraction of sp³-hybridized carbons (Fsp3) is 0.333. The summed E-state index contributed by atoms with van der Waals surface area (Å²) >= 11 is 6.37. The van der Waals surface area contributed by atoms with E-state index in [1.165, 1.54) is 10.6 Å². The number of aromatic nitrogens is 2. The van der Waals surface area contributed by atoms with Crippen molar-refractivity contribution in [3.8, 4) is 16.9 Å². The van der Waals surface area contributed by atoms with Gasteiger partial charge in [0.05, 0.1) is 18.9 Å². The van der Waals surface area contributed by atoms with Crippen molar-refractivity contribution in [2.45, 2.75) is 18.9 Å². The van der Waals surface area contributed by atoms with E-state index in [2.05, 4.69) is 15.3 Å². The minimum absolute atomic E-state index is 0.129. The van der Waals surface area contributed by atoms with Gasteiger partial charge in [-0.25, -0.2) is 22.7 Å². The van der Waals surface area contributed by atoms with Crippen molar-refractivity contribution in [1.82, 2.24) is 14.3 Å². The molecule has 30 heavy (non-hydrogen) atoms. The van der Waals surface area contributed by atoms with Crippen molar-refractivity contribution in [2.24, 2.45) is 0 Å². The Morgan fingerprint density at radius 2 is 1.90 bits per heavy atom. The van der Waals surface area contributed by atoms with Crippen LogP contribution in [0.25, 0.3) is 22.0 Å². The van der Waals surface area contributed by atoms with Crippen LogP contribution in [0.3, 0.4) is 0 Å². The number of ether oxygens (including phenoxy) is 1. The second-order valence-electron chi connectivity index (χ2n) is 7.37. The van der Waals surface area contributed by atoms with E-state index in [4.69, 9.17) is 16.3 Å². The van der Waals surface area contributed by atoms with Crippen molar-refractivity contribution in [3.63, 3.8) is 0 Å². The number of anilines is 1. The van der Waals surface area contributed by atoms with E-state index in [1.54, 1.807) is 13.3 Å². The summed E-state index contributed by atoms with van der Waals surface area (Å²) in [5.41, 5.74) is 2.53. The number of benzene rings is 2. The molecule has 2 heterocycles. The van der Waals surface area contributed by atoms with Gasteiger partial charge in [0.2, 0.25) is 16.0 Å². The zero-order valence-corrected chi connectivity index (χ0v) is 18.4. The molecule has 1 aromatic heterocycles. The Hall–Kier alpha value is -2.42. The molecule has 1 fully saturated rings. The highest BCUT2D eigenvalue weighted by Crippen LogP contribution is 2.37. The smallest absolute Gasteiger partial charge is 0.223 e. The van der Waals surface area contributed by atoms with E-state index in [0.29, 0.717) is 42.7 Å². The average Bonchev–Trinajstić information content (AvgIpc) is 2.73. The average molecular weight is 447 g/mol. The molecule has 4 rings (SSSR count). The molecule has 0 atom stereocenters. The Morgan fingerprint density at radius 1 is 1.17 bits per heavy atom. The summed E-state index contributed by atoms with van der Waals surface area (Å²) in [6.07, 6.45) is 4.44. The van der Waals surface area contributed by atoms with Gasteiger partial charge in [-0.3, -0.25) is 0 Å². The number of sulfonamides is 1. The van der Waals surface area contributed by atoms with Crippen LogP contribution in [-0.4, -0.2) is 55.2 Å². The maximum Gasteiger partial charge on any atom is 0.223 e. The second-order valence-corrected chi connectivity index (χ2v) is 9.76. The van der Waals surface area contributed by atoms with Gasteiger partial charge in [0.1, 0.15) is 5.75 Å². The Balaban J connectivity index is 1.58. The molecule has 1 N–H and O–H groups in total. The molecule has 0 radical (unpaired) electrons. The fourth-order valence-corrected chi connectivity index (χ4v) is 4.81. The number of nitrogens with one attached hydrogen (secondary N) is 1. The topological polar surface area (TPSA) is 84.4 Å². The van der Waals surface area contributed by atoms with Gasteiger partial charge < -0.3 is 10.1 Å². The number of hydrogen-bond donors (Lipinski definition) is 1. The Labute approximate surface area is 181 Å². The van der Waals surface area contributed by atoms with Crippen molar-refractivity contribution >= 4 is 38.5 Å². The summed E-state index contributed by atoms with van der Waals surface area (Å²) < 4.78 is 30.4. The molecule has 1 aliphatic heterocycles. The first-order valence-electron chi connectivity index (χ1n) is 9.66. The predicted molar refractivity (Wildman–Crippen MR) is 120 cm³/mol. The third kappa shape index (κ3) is 4.35. The largest absolute Gasteiger partial charge is 0.496 e. The van der Waals surface area contributed by atoms with Crippen molar-refractivity contribution in [3.05, 3.63) is 47.6 Å². The molecule has 158 valence electrons. The molecule has 0 bridgehead atoms. The zero-order chi connectivity index (χ0) is 21.3. The molecule has 3 aromatic rings. The van der Waals surface area contributed by atoms with Crippen molar-refractivity contribution in [1.29, 1.82) is 0 Å². The van der Waals surface area contributed by atoms with Crippen LogP contribution in [0.5, 0.6) is 5.75 Å². The van der Waals surface area contributed by atoms with E-state index < -0.39 is 10.0 Å². The molecular formula is C21H23ClN4O3S. The highest BCUT2D eigenvalue weighted by atomic mass is 35.5. The second kappa shape index (κ2) is 8.37. The van der Waals surface area contributed by atoms with Gasteiger partial charge in [-0.15, -0.1) is 0 Å². The highest BCUT2D eigenvalue weighted by Gasteiger charge is 2.25. The van der Waals surface area contributed by atoms with Crippen LogP contribution in [0.15, 0.2) is 42.6 Å². The number of fused-ring (bicyclic) bond motifs is 1. The molecular weight excluding hydrogens is 424 g/mol. The highest BCUT2D eigenvalue weighted by molar-refractivity contribution is 7.88. The Kier molecular flexibility index (Phi) is 5.81. The minimum atomic E-state index is -3.14.